The largest absolute Gasteiger partial charge is 0.444 e. The fourth-order valence-electron chi connectivity index (χ4n) is 2.77. The highest BCUT2D eigenvalue weighted by molar-refractivity contribution is 6.31. The molecule has 0 aromatic heterocycles. The van der Waals surface area contributed by atoms with Gasteiger partial charge in [-0.3, -0.25) is 9.69 Å². The third kappa shape index (κ3) is 5.42. The Morgan fingerprint density at radius 2 is 2.11 bits per heavy atom. The van der Waals surface area contributed by atoms with E-state index in [4.69, 9.17) is 16.3 Å². The quantitative estimate of drug-likeness (QED) is 0.828. The second-order valence-corrected chi connectivity index (χ2v) is 7.79. The van der Waals surface area contributed by atoms with Crippen molar-refractivity contribution in [2.24, 2.45) is 0 Å². The van der Waals surface area contributed by atoms with E-state index >= 15 is 0 Å². The van der Waals surface area contributed by atoms with E-state index in [0.717, 1.165) is 4.90 Å². The molecule has 1 saturated heterocycles. The second kappa shape index (κ2) is 8.25. The summed E-state index contributed by atoms with van der Waals surface area (Å²) in [4.78, 5) is 25.8. The summed E-state index contributed by atoms with van der Waals surface area (Å²) in [6, 6.07) is 1.91. The lowest BCUT2D eigenvalue weighted by molar-refractivity contribution is -0.125. The molecule has 8 heteroatoms. The first-order chi connectivity index (χ1) is 12.5. The molecule has 0 aliphatic carbocycles. The van der Waals surface area contributed by atoms with Crippen LogP contribution < -0.4 is 5.32 Å². The van der Waals surface area contributed by atoms with Crippen molar-refractivity contribution in [3.63, 3.8) is 0 Å². The van der Waals surface area contributed by atoms with Crippen molar-refractivity contribution in [3.8, 4) is 0 Å². The molecule has 2 amide bonds. The molecule has 1 fully saturated rings. The summed E-state index contributed by atoms with van der Waals surface area (Å²) < 4.78 is 33.2. The third-order valence-electron chi connectivity index (χ3n) is 4.00. The van der Waals surface area contributed by atoms with Crippen molar-refractivity contribution in [2.45, 2.75) is 51.6 Å². The zero-order valence-corrected chi connectivity index (χ0v) is 16.3. The molecule has 148 valence electrons. The maximum Gasteiger partial charge on any atom is 0.411 e. The van der Waals surface area contributed by atoms with E-state index in [-0.39, 0.29) is 30.1 Å². The normalized spacial score (nSPS) is 19.7. The Balaban J connectivity index is 2.09. The minimum atomic E-state index is -1.33. The van der Waals surface area contributed by atoms with Crippen LogP contribution in [0.4, 0.5) is 13.6 Å². The number of hydrogen-bond donors (Lipinski definition) is 1. The van der Waals surface area contributed by atoms with Gasteiger partial charge in [-0.05, 0) is 38.5 Å². The molecule has 1 heterocycles. The molecule has 0 unspecified atom stereocenters. The van der Waals surface area contributed by atoms with E-state index in [1.54, 1.807) is 20.8 Å². The van der Waals surface area contributed by atoms with E-state index in [1.165, 1.54) is 18.2 Å². The molecular formula is C19H23ClF2N2O3. The molecule has 1 N–H and O–H groups in total. The molecule has 1 aliphatic rings. The van der Waals surface area contributed by atoms with Crippen LogP contribution in [-0.4, -0.2) is 41.3 Å². The lowest BCUT2D eigenvalue weighted by Crippen LogP contribution is -2.47. The molecule has 5 nitrogen and oxygen atoms in total. The van der Waals surface area contributed by atoms with Crippen LogP contribution in [0.1, 0.15) is 38.3 Å². The van der Waals surface area contributed by atoms with Gasteiger partial charge in [0, 0.05) is 18.5 Å². The molecule has 1 aromatic carbocycles. The number of halogens is 3. The summed E-state index contributed by atoms with van der Waals surface area (Å²) in [5.41, 5.74) is 0.00687. The first kappa shape index (κ1) is 21.2. The smallest absolute Gasteiger partial charge is 0.411 e. The molecule has 2 atom stereocenters. The minimum Gasteiger partial charge on any atom is -0.444 e. The number of nitrogens with zero attached hydrogens (tertiary/aromatic N) is 1. The Morgan fingerprint density at radius 1 is 1.44 bits per heavy atom. The average molecular weight is 401 g/mol. The number of rotatable bonds is 4. The van der Waals surface area contributed by atoms with Gasteiger partial charge in [-0.1, -0.05) is 24.3 Å². The van der Waals surface area contributed by atoms with E-state index < -0.39 is 35.6 Å². The van der Waals surface area contributed by atoms with Crippen LogP contribution in [0.3, 0.4) is 0 Å². The van der Waals surface area contributed by atoms with E-state index in [2.05, 4.69) is 11.9 Å². The number of nitrogens with one attached hydrogen (secondary N) is 1. The Morgan fingerprint density at radius 3 is 2.70 bits per heavy atom. The Bertz CT molecular complexity index is 749. The molecule has 1 aliphatic heterocycles. The van der Waals surface area contributed by atoms with E-state index in [1.807, 2.05) is 0 Å². The maximum atomic E-state index is 14.1. The summed E-state index contributed by atoms with van der Waals surface area (Å²) in [5, 5.41) is 2.45. The third-order valence-corrected chi connectivity index (χ3v) is 4.27. The zero-order valence-electron chi connectivity index (χ0n) is 15.5. The predicted octanol–water partition coefficient (Wildman–Crippen LogP) is 4.09. The number of benzene rings is 1. The topological polar surface area (TPSA) is 58.6 Å². The van der Waals surface area contributed by atoms with Crippen molar-refractivity contribution in [1.82, 2.24) is 10.2 Å². The highest BCUT2D eigenvalue weighted by Gasteiger charge is 2.41. The SMILES string of the molecule is C=Cc1cc(Cl)c(F)c(CNC(=O)[C@@H]2C[C@@H](F)CN2C(=O)OC(C)(C)C)c1. The highest BCUT2D eigenvalue weighted by Crippen LogP contribution is 2.25. The fourth-order valence-corrected chi connectivity index (χ4v) is 3.02. The van der Waals surface area contributed by atoms with Crippen molar-refractivity contribution in [1.29, 1.82) is 0 Å². The second-order valence-electron chi connectivity index (χ2n) is 7.38. The minimum absolute atomic E-state index is 0.0864. The standard InChI is InChI=1S/C19H23ClF2N2O3/c1-5-11-6-12(16(22)14(20)7-11)9-23-17(25)15-8-13(21)10-24(15)18(26)27-19(2,3)4/h5-7,13,15H,1,8-10H2,2-4H3,(H,23,25)/t13-,15+/m1/s1. The van der Waals surface area contributed by atoms with Crippen molar-refractivity contribution >= 4 is 29.7 Å². The Hall–Kier alpha value is -2.15. The van der Waals surface area contributed by atoms with E-state index in [0.29, 0.717) is 5.56 Å². The monoisotopic (exact) mass is 400 g/mol. The van der Waals surface area contributed by atoms with Gasteiger partial charge < -0.3 is 10.1 Å². The van der Waals surface area contributed by atoms with Gasteiger partial charge in [0.05, 0.1) is 11.6 Å². The lowest BCUT2D eigenvalue weighted by atomic mass is 10.1. The molecule has 2 rings (SSSR count). The molecular weight excluding hydrogens is 378 g/mol. The summed E-state index contributed by atoms with van der Waals surface area (Å²) in [5.74, 6) is -1.23. The zero-order chi connectivity index (χ0) is 20.4. The van der Waals surface area contributed by atoms with Crippen molar-refractivity contribution in [3.05, 3.63) is 40.7 Å². The van der Waals surface area contributed by atoms with Gasteiger partial charge in [-0.15, -0.1) is 0 Å². The molecule has 0 radical (unpaired) electrons. The molecule has 0 saturated carbocycles. The van der Waals surface area contributed by atoms with Gasteiger partial charge in [-0.2, -0.15) is 0 Å². The van der Waals surface area contributed by atoms with Gasteiger partial charge in [0.25, 0.3) is 0 Å². The van der Waals surface area contributed by atoms with Crippen LogP contribution in [0.15, 0.2) is 18.7 Å². The van der Waals surface area contributed by atoms with Crippen LogP contribution in [0.5, 0.6) is 0 Å². The molecule has 1 aromatic rings. The van der Waals surface area contributed by atoms with Gasteiger partial charge in [0.2, 0.25) is 5.91 Å². The average Bonchev–Trinajstić information content (AvgIpc) is 2.96. The van der Waals surface area contributed by atoms with Gasteiger partial charge in [0.15, 0.2) is 0 Å². The summed E-state index contributed by atoms with van der Waals surface area (Å²) in [7, 11) is 0. The number of amides is 2. The van der Waals surface area contributed by atoms with Crippen molar-refractivity contribution < 1.29 is 23.1 Å². The number of hydrogen-bond acceptors (Lipinski definition) is 3. The predicted molar refractivity (Wildman–Crippen MR) is 99.6 cm³/mol. The lowest BCUT2D eigenvalue weighted by Gasteiger charge is -2.27. The highest BCUT2D eigenvalue weighted by atomic mass is 35.5. The van der Waals surface area contributed by atoms with Gasteiger partial charge in [-0.25, -0.2) is 13.6 Å². The van der Waals surface area contributed by atoms with Crippen LogP contribution in [-0.2, 0) is 16.1 Å². The van der Waals surface area contributed by atoms with Crippen LogP contribution in [0.25, 0.3) is 6.08 Å². The summed E-state index contributed by atoms with van der Waals surface area (Å²) in [6.07, 6.45) is -0.721. The number of ether oxygens (including phenoxy) is 1. The number of likely N-dealkylation sites (tertiary alicyclic amines) is 1. The summed E-state index contributed by atoms with van der Waals surface area (Å²) in [6.45, 7) is 8.27. The molecule has 0 bridgehead atoms. The van der Waals surface area contributed by atoms with Gasteiger partial charge in [0.1, 0.15) is 23.6 Å². The Kier molecular flexibility index (Phi) is 6.46. The summed E-state index contributed by atoms with van der Waals surface area (Å²) >= 11 is 5.83. The molecule has 0 spiro atoms. The van der Waals surface area contributed by atoms with Crippen molar-refractivity contribution in [2.75, 3.05) is 6.54 Å². The maximum absolute atomic E-state index is 14.1. The first-order valence-electron chi connectivity index (χ1n) is 8.53. The molecule has 27 heavy (non-hydrogen) atoms. The van der Waals surface area contributed by atoms with Crippen LogP contribution in [0, 0.1) is 5.82 Å². The number of alkyl halides is 1. The number of carbonyl (C=O) groups is 2. The fraction of sp³-hybridized carbons (Fsp3) is 0.474. The Labute approximate surface area is 162 Å². The van der Waals surface area contributed by atoms with Crippen LogP contribution >= 0.6 is 11.6 Å². The van der Waals surface area contributed by atoms with Gasteiger partial charge >= 0.3 is 6.09 Å². The van der Waals surface area contributed by atoms with Crippen LogP contribution in [0.2, 0.25) is 5.02 Å². The van der Waals surface area contributed by atoms with E-state index in [9.17, 15) is 18.4 Å². The first-order valence-corrected chi connectivity index (χ1v) is 8.91. The number of carbonyl (C=O) groups excluding carboxylic acids is 2.